The standard InChI is InChI=1S/C11H12N4O5S/c12-7-3-6(11(13)18)1-2-8(7)21(19,20)15-4-9(16)14-10(17)5-15/h1-3H,4-5,12H2,(H2,13,18)(H,14,16,17). The van der Waals surface area contributed by atoms with Crippen LogP contribution in [0, 0.1) is 0 Å². The van der Waals surface area contributed by atoms with Gasteiger partial charge in [0, 0.05) is 5.56 Å². The third kappa shape index (κ3) is 2.85. The molecule has 0 radical (unpaired) electrons. The Bertz CT molecular complexity index is 727. The smallest absolute Gasteiger partial charge is 0.248 e. The highest BCUT2D eigenvalue weighted by atomic mass is 32.2. The molecular weight excluding hydrogens is 300 g/mol. The van der Waals surface area contributed by atoms with Gasteiger partial charge in [-0.1, -0.05) is 0 Å². The zero-order valence-corrected chi connectivity index (χ0v) is 11.5. The minimum absolute atomic E-state index is 0.0545. The van der Waals surface area contributed by atoms with E-state index in [1.807, 2.05) is 5.32 Å². The van der Waals surface area contributed by atoms with Crippen molar-refractivity contribution in [1.82, 2.24) is 9.62 Å². The maximum Gasteiger partial charge on any atom is 0.248 e. The summed E-state index contributed by atoms with van der Waals surface area (Å²) < 4.78 is 25.5. The van der Waals surface area contributed by atoms with E-state index in [0.29, 0.717) is 4.31 Å². The first-order valence-electron chi connectivity index (χ1n) is 5.74. The fraction of sp³-hybridized carbons (Fsp3) is 0.182. The molecule has 1 aromatic rings. The molecular formula is C11H12N4O5S. The van der Waals surface area contributed by atoms with E-state index in [0.717, 1.165) is 12.1 Å². The highest BCUT2D eigenvalue weighted by molar-refractivity contribution is 7.89. The van der Waals surface area contributed by atoms with E-state index in [1.54, 1.807) is 0 Å². The number of carbonyl (C=O) groups excluding carboxylic acids is 3. The quantitative estimate of drug-likeness (QED) is 0.434. The summed E-state index contributed by atoms with van der Waals surface area (Å²) in [7, 11) is -4.13. The van der Waals surface area contributed by atoms with Crippen LogP contribution in [-0.2, 0) is 19.6 Å². The maximum atomic E-state index is 12.4. The summed E-state index contributed by atoms with van der Waals surface area (Å²) in [4.78, 5) is 33.2. The SMILES string of the molecule is NC(=O)c1ccc(S(=O)(=O)N2CC(=O)NC(=O)C2)c(N)c1. The molecule has 1 saturated heterocycles. The van der Waals surface area contributed by atoms with Gasteiger partial charge < -0.3 is 11.5 Å². The fourth-order valence-corrected chi connectivity index (χ4v) is 3.31. The number of nitrogens with zero attached hydrogens (tertiary/aromatic N) is 1. The molecule has 0 aromatic heterocycles. The molecule has 0 spiro atoms. The van der Waals surface area contributed by atoms with Gasteiger partial charge in [-0.05, 0) is 18.2 Å². The lowest BCUT2D eigenvalue weighted by Gasteiger charge is -2.25. The average molecular weight is 312 g/mol. The molecule has 1 fully saturated rings. The molecule has 0 aliphatic carbocycles. The van der Waals surface area contributed by atoms with Crippen LogP contribution in [0.5, 0.6) is 0 Å². The lowest BCUT2D eigenvalue weighted by Crippen LogP contribution is -2.53. The highest BCUT2D eigenvalue weighted by Gasteiger charge is 2.34. The van der Waals surface area contributed by atoms with Gasteiger partial charge in [0.25, 0.3) is 0 Å². The predicted octanol–water partition coefficient (Wildman–Crippen LogP) is -1.99. The molecule has 2 rings (SSSR count). The maximum absolute atomic E-state index is 12.4. The Morgan fingerprint density at radius 2 is 1.76 bits per heavy atom. The monoisotopic (exact) mass is 312 g/mol. The average Bonchev–Trinajstić information content (AvgIpc) is 2.36. The van der Waals surface area contributed by atoms with Crippen LogP contribution in [0.2, 0.25) is 0 Å². The Labute approximate surface area is 119 Å². The van der Waals surface area contributed by atoms with Crippen molar-refractivity contribution in [2.75, 3.05) is 18.8 Å². The van der Waals surface area contributed by atoms with E-state index in [2.05, 4.69) is 0 Å². The highest BCUT2D eigenvalue weighted by Crippen LogP contribution is 2.24. The van der Waals surface area contributed by atoms with Crippen molar-refractivity contribution in [1.29, 1.82) is 0 Å². The van der Waals surface area contributed by atoms with Crippen molar-refractivity contribution in [3.63, 3.8) is 0 Å². The first-order valence-corrected chi connectivity index (χ1v) is 7.18. The number of anilines is 1. The third-order valence-corrected chi connectivity index (χ3v) is 4.70. The largest absolute Gasteiger partial charge is 0.398 e. The molecule has 1 aromatic carbocycles. The molecule has 5 N–H and O–H groups in total. The Hall–Kier alpha value is -2.46. The first kappa shape index (κ1) is 14.9. The summed E-state index contributed by atoms with van der Waals surface area (Å²) in [5, 5.41) is 2.00. The third-order valence-electron chi connectivity index (χ3n) is 2.83. The molecule has 9 nitrogen and oxygen atoms in total. The zero-order valence-electron chi connectivity index (χ0n) is 10.7. The summed E-state index contributed by atoms with van der Waals surface area (Å²) >= 11 is 0. The Morgan fingerprint density at radius 1 is 1.19 bits per heavy atom. The van der Waals surface area contributed by atoms with Gasteiger partial charge in [-0.3, -0.25) is 19.7 Å². The lowest BCUT2D eigenvalue weighted by atomic mass is 10.2. The van der Waals surface area contributed by atoms with Crippen molar-refractivity contribution >= 4 is 33.4 Å². The number of nitrogens with one attached hydrogen (secondary N) is 1. The molecule has 10 heteroatoms. The van der Waals surface area contributed by atoms with Crippen molar-refractivity contribution in [3.05, 3.63) is 23.8 Å². The number of rotatable bonds is 3. The summed E-state index contributed by atoms with van der Waals surface area (Å²) in [5.41, 5.74) is 10.6. The molecule has 0 bridgehead atoms. The first-order chi connectivity index (χ1) is 9.71. The number of piperazine rings is 1. The number of nitrogens with two attached hydrogens (primary N) is 2. The number of nitrogen functional groups attached to an aromatic ring is 1. The van der Waals surface area contributed by atoms with Gasteiger partial charge in [0.15, 0.2) is 0 Å². The number of hydrogen-bond donors (Lipinski definition) is 3. The second kappa shape index (κ2) is 5.14. The Balaban J connectivity index is 2.42. The number of primary amides is 1. The molecule has 1 heterocycles. The van der Waals surface area contributed by atoms with Crippen molar-refractivity contribution in [2.24, 2.45) is 5.73 Å². The number of sulfonamides is 1. The van der Waals surface area contributed by atoms with Crippen LogP contribution >= 0.6 is 0 Å². The molecule has 3 amide bonds. The van der Waals surface area contributed by atoms with E-state index < -0.39 is 40.8 Å². The van der Waals surface area contributed by atoms with E-state index in [1.165, 1.54) is 6.07 Å². The van der Waals surface area contributed by atoms with Crippen LogP contribution in [0.15, 0.2) is 23.1 Å². The minimum atomic E-state index is -4.13. The second-order valence-corrected chi connectivity index (χ2v) is 6.27. The molecule has 1 aliphatic heterocycles. The van der Waals surface area contributed by atoms with Gasteiger partial charge in [0.2, 0.25) is 27.7 Å². The molecule has 0 unspecified atom stereocenters. The molecule has 1 aliphatic rings. The van der Waals surface area contributed by atoms with Crippen LogP contribution in [0.25, 0.3) is 0 Å². The predicted molar refractivity (Wildman–Crippen MR) is 71.3 cm³/mol. The van der Waals surface area contributed by atoms with Crippen molar-refractivity contribution < 1.29 is 22.8 Å². The zero-order chi connectivity index (χ0) is 15.8. The van der Waals surface area contributed by atoms with E-state index >= 15 is 0 Å². The number of amides is 3. The van der Waals surface area contributed by atoms with Crippen LogP contribution in [0.4, 0.5) is 5.69 Å². The van der Waals surface area contributed by atoms with Crippen LogP contribution in [0.1, 0.15) is 10.4 Å². The van der Waals surface area contributed by atoms with Gasteiger partial charge in [-0.15, -0.1) is 0 Å². The van der Waals surface area contributed by atoms with Crippen LogP contribution in [-0.4, -0.2) is 43.5 Å². The van der Waals surface area contributed by atoms with Crippen molar-refractivity contribution in [2.45, 2.75) is 4.90 Å². The normalized spacial score (nSPS) is 16.6. The molecule has 0 saturated carbocycles. The van der Waals surface area contributed by atoms with E-state index in [-0.39, 0.29) is 16.1 Å². The molecule has 112 valence electrons. The second-order valence-electron chi connectivity index (χ2n) is 4.36. The van der Waals surface area contributed by atoms with Gasteiger partial charge in [-0.2, -0.15) is 4.31 Å². The van der Waals surface area contributed by atoms with Gasteiger partial charge in [0.1, 0.15) is 4.90 Å². The number of hydrogen-bond acceptors (Lipinski definition) is 6. The summed E-state index contributed by atoms with van der Waals surface area (Å²) in [6.45, 7) is -0.962. The summed E-state index contributed by atoms with van der Waals surface area (Å²) in [6, 6.07) is 3.44. The topological polar surface area (TPSA) is 153 Å². The number of benzene rings is 1. The Morgan fingerprint density at radius 3 is 2.24 bits per heavy atom. The van der Waals surface area contributed by atoms with Gasteiger partial charge in [-0.25, -0.2) is 8.42 Å². The summed E-state index contributed by atoms with van der Waals surface area (Å²) in [5.74, 6) is -2.19. The minimum Gasteiger partial charge on any atom is -0.398 e. The number of imide groups is 1. The van der Waals surface area contributed by atoms with Crippen LogP contribution in [0.3, 0.4) is 0 Å². The lowest BCUT2D eigenvalue weighted by molar-refractivity contribution is -0.134. The van der Waals surface area contributed by atoms with Crippen molar-refractivity contribution in [3.8, 4) is 0 Å². The molecule has 0 atom stereocenters. The molecule has 21 heavy (non-hydrogen) atoms. The Kier molecular flexibility index (Phi) is 3.66. The van der Waals surface area contributed by atoms with E-state index in [9.17, 15) is 22.8 Å². The van der Waals surface area contributed by atoms with Gasteiger partial charge >= 0.3 is 0 Å². The number of carbonyl (C=O) groups is 3. The fourth-order valence-electron chi connectivity index (χ4n) is 1.86. The van der Waals surface area contributed by atoms with Gasteiger partial charge in [0.05, 0.1) is 18.8 Å². The van der Waals surface area contributed by atoms with E-state index in [4.69, 9.17) is 11.5 Å². The summed E-state index contributed by atoms with van der Waals surface area (Å²) in [6.07, 6.45) is 0. The van der Waals surface area contributed by atoms with Crippen LogP contribution < -0.4 is 16.8 Å².